The van der Waals surface area contributed by atoms with Crippen molar-refractivity contribution in [2.45, 2.75) is 25.8 Å². The van der Waals surface area contributed by atoms with Crippen molar-refractivity contribution in [1.82, 2.24) is 15.1 Å². The fourth-order valence-corrected chi connectivity index (χ4v) is 3.35. The summed E-state index contributed by atoms with van der Waals surface area (Å²) in [5.41, 5.74) is 1.26. The van der Waals surface area contributed by atoms with Crippen LogP contribution in [0.3, 0.4) is 0 Å². The number of rotatable bonds is 7. The molecule has 0 spiro atoms. The van der Waals surface area contributed by atoms with E-state index >= 15 is 0 Å². The number of carbonyl (C=O) groups excluding carboxylic acids is 1. The van der Waals surface area contributed by atoms with Crippen LogP contribution in [-0.2, 0) is 4.79 Å². The highest BCUT2D eigenvalue weighted by Crippen LogP contribution is 2.32. The van der Waals surface area contributed by atoms with Crippen molar-refractivity contribution in [1.29, 1.82) is 0 Å². The standard InChI is InChI=1S/C17H20FN3OS/c1-12(20-17(22)11-23-10-13-6-7-13)14-8-19-21(9-14)16-5-3-2-4-15(16)18/h2-5,8-9,12-13H,6-7,10-11H2,1H3,(H,20,22)/t12-/m1/s1. The van der Waals surface area contributed by atoms with Crippen molar-refractivity contribution in [2.24, 2.45) is 5.92 Å². The van der Waals surface area contributed by atoms with E-state index in [4.69, 9.17) is 0 Å². The van der Waals surface area contributed by atoms with Gasteiger partial charge in [-0.15, -0.1) is 0 Å². The number of thioether (sulfide) groups is 1. The molecule has 1 aromatic heterocycles. The van der Waals surface area contributed by atoms with Gasteiger partial charge in [0.05, 0.1) is 18.0 Å². The first-order valence-electron chi connectivity index (χ1n) is 7.80. The molecule has 1 heterocycles. The molecule has 0 unspecified atom stereocenters. The number of nitrogens with one attached hydrogen (secondary N) is 1. The second kappa shape index (κ2) is 7.17. The molecule has 1 N–H and O–H groups in total. The number of amides is 1. The van der Waals surface area contributed by atoms with Crippen LogP contribution in [0, 0.1) is 11.7 Å². The van der Waals surface area contributed by atoms with Crippen molar-refractivity contribution in [3.63, 3.8) is 0 Å². The summed E-state index contributed by atoms with van der Waals surface area (Å²) in [4.78, 5) is 11.9. The van der Waals surface area contributed by atoms with E-state index in [0.717, 1.165) is 17.2 Å². The van der Waals surface area contributed by atoms with Crippen LogP contribution in [0.5, 0.6) is 0 Å². The highest BCUT2D eigenvalue weighted by molar-refractivity contribution is 7.99. The van der Waals surface area contributed by atoms with Crippen LogP contribution in [0.15, 0.2) is 36.7 Å². The molecule has 1 saturated carbocycles. The van der Waals surface area contributed by atoms with Gasteiger partial charge in [0.25, 0.3) is 0 Å². The lowest BCUT2D eigenvalue weighted by molar-refractivity contribution is -0.119. The van der Waals surface area contributed by atoms with Gasteiger partial charge in [-0.1, -0.05) is 12.1 Å². The number of hydrogen-bond donors (Lipinski definition) is 1. The molecule has 0 aliphatic heterocycles. The minimum Gasteiger partial charge on any atom is -0.349 e. The van der Waals surface area contributed by atoms with Crippen LogP contribution < -0.4 is 5.32 Å². The Kier molecular flexibility index (Phi) is 5.00. The number of aromatic nitrogens is 2. The molecule has 0 bridgehead atoms. The van der Waals surface area contributed by atoms with Gasteiger partial charge in [-0.05, 0) is 43.6 Å². The monoisotopic (exact) mass is 333 g/mol. The van der Waals surface area contributed by atoms with Gasteiger partial charge in [-0.2, -0.15) is 16.9 Å². The molecule has 4 nitrogen and oxygen atoms in total. The van der Waals surface area contributed by atoms with E-state index in [-0.39, 0.29) is 17.8 Å². The summed E-state index contributed by atoms with van der Waals surface area (Å²) in [5, 5.41) is 7.15. The summed E-state index contributed by atoms with van der Waals surface area (Å²) in [6.07, 6.45) is 6.02. The molecular formula is C17H20FN3OS. The van der Waals surface area contributed by atoms with E-state index in [2.05, 4.69) is 10.4 Å². The van der Waals surface area contributed by atoms with Gasteiger partial charge in [0.2, 0.25) is 5.91 Å². The SMILES string of the molecule is C[C@@H](NC(=O)CSCC1CC1)c1cnn(-c2ccccc2F)c1. The molecule has 6 heteroatoms. The minimum absolute atomic E-state index is 0.0294. The summed E-state index contributed by atoms with van der Waals surface area (Å²) in [5.74, 6) is 2.09. The van der Waals surface area contributed by atoms with Gasteiger partial charge in [0.15, 0.2) is 0 Å². The summed E-state index contributed by atoms with van der Waals surface area (Å²) < 4.78 is 15.3. The maximum Gasteiger partial charge on any atom is 0.230 e. The highest BCUT2D eigenvalue weighted by Gasteiger charge is 2.21. The normalized spacial score (nSPS) is 15.4. The lowest BCUT2D eigenvalue weighted by Gasteiger charge is -2.12. The number of halogens is 1. The van der Waals surface area contributed by atoms with Crippen LogP contribution in [0.25, 0.3) is 5.69 Å². The molecule has 0 radical (unpaired) electrons. The van der Waals surface area contributed by atoms with Gasteiger partial charge >= 0.3 is 0 Å². The molecule has 23 heavy (non-hydrogen) atoms. The Morgan fingerprint density at radius 2 is 2.26 bits per heavy atom. The Bertz CT molecular complexity index is 684. The summed E-state index contributed by atoms with van der Waals surface area (Å²) in [7, 11) is 0. The van der Waals surface area contributed by atoms with Crippen molar-refractivity contribution < 1.29 is 9.18 Å². The van der Waals surface area contributed by atoms with Gasteiger partial charge in [-0.3, -0.25) is 4.79 Å². The number of carbonyl (C=O) groups is 1. The molecule has 1 aromatic carbocycles. The van der Waals surface area contributed by atoms with E-state index in [1.165, 1.54) is 23.6 Å². The summed E-state index contributed by atoms with van der Waals surface area (Å²) in [6, 6.07) is 6.33. The van der Waals surface area contributed by atoms with Gasteiger partial charge in [0, 0.05) is 11.8 Å². The Labute approximate surface area is 139 Å². The Balaban J connectivity index is 1.56. The molecule has 2 aromatic rings. The van der Waals surface area contributed by atoms with Gasteiger partial charge in [0.1, 0.15) is 11.5 Å². The molecule has 1 aliphatic carbocycles. The maximum atomic E-state index is 13.8. The minimum atomic E-state index is -0.324. The second-order valence-corrected chi connectivity index (χ2v) is 6.95. The summed E-state index contributed by atoms with van der Waals surface area (Å²) in [6.45, 7) is 1.91. The van der Waals surface area contributed by atoms with Crippen LogP contribution in [-0.4, -0.2) is 27.2 Å². The largest absolute Gasteiger partial charge is 0.349 e. The van der Waals surface area contributed by atoms with Crippen molar-refractivity contribution >= 4 is 17.7 Å². The second-order valence-electron chi connectivity index (χ2n) is 5.92. The number of para-hydroxylation sites is 1. The zero-order valence-electron chi connectivity index (χ0n) is 13.0. The number of nitrogens with zero attached hydrogens (tertiary/aromatic N) is 2. The third-order valence-electron chi connectivity index (χ3n) is 3.86. The van der Waals surface area contributed by atoms with E-state index in [0.29, 0.717) is 11.4 Å². The van der Waals surface area contributed by atoms with Crippen LogP contribution in [0.4, 0.5) is 4.39 Å². The predicted molar refractivity (Wildman–Crippen MR) is 90.1 cm³/mol. The third kappa shape index (κ3) is 4.34. The van der Waals surface area contributed by atoms with Crippen LogP contribution in [0.1, 0.15) is 31.4 Å². The number of hydrogen-bond acceptors (Lipinski definition) is 3. The van der Waals surface area contributed by atoms with Crippen LogP contribution in [0.2, 0.25) is 0 Å². The molecule has 1 aliphatic rings. The zero-order chi connectivity index (χ0) is 16.2. The molecule has 0 saturated heterocycles. The Morgan fingerprint density at radius 3 is 3.00 bits per heavy atom. The highest BCUT2D eigenvalue weighted by atomic mass is 32.2. The molecule has 122 valence electrons. The topological polar surface area (TPSA) is 46.9 Å². The number of benzene rings is 1. The smallest absolute Gasteiger partial charge is 0.230 e. The lowest BCUT2D eigenvalue weighted by Crippen LogP contribution is -2.28. The Hall–Kier alpha value is -1.82. The average Bonchev–Trinajstić information content (AvgIpc) is 3.22. The Morgan fingerprint density at radius 1 is 1.48 bits per heavy atom. The van der Waals surface area contributed by atoms with E-state index in [1.807, 2.05) is 6.92 Å². The predicted octanol–water partition coefficient (Wildman–Crippen LogP) is 3.33. The first-order valence-corrected chi connectivity index (χ1v) is 8.95. The molecule has 1 atom stereocenters. The molecule has 1 fully saturated rings. The molecule has 1 amide bonds. The quantitative estimate of drug-likeness (QED) is 0.845. The van der Waals surface area contributed by atoms with E-state index in [1.54, 1.807) is 42.4 Å². The molecule has 3 rings (SSSR count). The van der Waals surface area contributed by atoms with Crippen molar-refractivity contribution in [3.05, 3.63) is 48.0 Å². The third-order valence-corrected chi connectivity index (χ3v) is 5.04. The maximum absolute atomic E-state index is 13.8. The first-order chi connectivity index (χ1) is 11.1. The fourth-order valence-electron chi connectivity index (χ4n) is 2.30. The van der Waals surface area contributed by atoms with Crippen LogP contribution >= 0.6 is 11.8 Å². The lowest BCUT2D eigenvalue weighted by atomic mass is 10.2. The summed E-state index contributed by atoms with van der Waals surface area (Å²) >= 11 is 1.69. The van der Waals surface area contributed by atoms with Gasteiger partial charge < -0.3 is 5.32 Å². The van der Waals surface area contributed by atoms with Crippen molar-refractivity contribution in [2.75, 3.05) is 11.5 Å². The average molecular weight is 333 g/mol. The van der Waals surface area contributed by atoms with E-state index < -0.39 is 0 Å². The van der Waals surface area contributed by atoms with Crippen molar-refractivity contribution in [3.8, 4) is 5.69 Å². The van der Waals surface area contributed by atoms with Gasteiger partial charge in [-0.25, -0.2) is 9.07 Å². The first kappa shape index (κ1) is 16.1. The zero-order valence-corrected chi connectivity index (χ0v) is 13.9. The fraction of sp³-hybridized carbons (Fsp3) is 0.412. The molecular weight excluding hydrogens is 313 g/mol. The van der Waals surface area contributed by atoms with E-state index in [9.17, 15) is 9.18 Å².